The van der Waals surface area contributed by atoms with E-state index in [-0.39, 0.29) is 15.8 Å². The van der Waals surface area contributed by atoms with Gasteiger partial charge in [-0.05, 0) is 28.4 Å². The molecule has 2 rings (SSSR count). The monoisotopic (exact) mass is 342 g/mol. The summed E-state index contributed by atoms with van der Waals surface area (Å²) >= 11 is 3.03. The Morgan fingerprint density at radius 1 is 1.50 bits per heavy atom. The second kappa shape index (κ2) is 5.58. The summed E-state index contributed by atoms with van der Waals surface area (Å²) in [4.78, 5) is 10.4. The van der Waals surface area contributed by atoms with Gasteiger partial charge in [0.15, 0.2) is 0 Å². The molecule has 6 nitrogen and oxygen atoms in total. The molecule has 1 aromatic carbocycles. The van der Waals surface area contributed by atoms with E-state index in [0.29, 0.717) is 12.1 Å². The fraction of sp³-hybridized carbons (Fsp3) is 0.250. The van der Waals surface area contributed by atoms with Crippen molar-refractivity contribution >= 4 is 33.0 Å². The minimum Gasteiger partial charge on any atom is -0.347 e. The van der Waals surface area contributed by atoms with Crippen molar-refractivity contribution < 1.29 is 9.31 Å². The van der Waals surface area contributed by atoms with E-state index in [1.165, 1.54) is 6.07 Å². The molecule has 0 saturated carbocycles. The summed E-state index contributed by atoms with van der Waals surface area (Å²) in [6, 6.07) is 2.23. The van der Waals surface area contributed by atoms with Crippen LogP contribution in [0.1, 0.15) is 12.6 Å². The van der Waals surface area contributed by atoms with Gasteiger partial charge in [0, 0.05) is 13.2 Å². The van der Waals surface area contributed by atoms with Crippen molar-refractivity contribution in [3.63, 3.8) is 0 Å². The zero-order chi connectivity index (χ0) is 14.9. The van der Waals surface area contributed by atoms with E-state index in [4.69, 9.17) is 0 Å². The Kier molecular flexibility index (Phi) is 4.03. The van der Waals surface area contributed by atoms with Gasteiger partial charge in [-0.15, -0.1) is 0 Å². The minimum atomic E-state index is -0.677. The molecule has 0 saturated heterocycles. The molecule has 1 aromatic heterocycles. The zero-order valence-electron chi connectivity index (χ0n) is 10.9. The van der Waals surface area contributed by atoms with E-state index in [0.717, 1.165) is 11.8 Å². The Hall–Kier alpha value is -1.96. The second-order valence-electron chi connectivity index (χ2n) is 4.18. The average Bonchev–Trinajstić information content (AvgIpc) is 2.73. The summed E-state index contributed by atoms with van der Waals surface area (Å²) < 4.78 is 15.2. The number of aryl methyl sites for hydroxylation is 2. The van der Waals surface area contributed by atoms with Crippen molar-refractivity contribution in [2.45, 2.75) is 13.3 Å². The predicted octanol–water partition coefficient (Wildman–Crippen LogP) is 3.54. The molecule has 2 aromatic rings. The van der Waals surface area contributed by atoms with E-state index >= 15 is 0 Å². The van der Waals surface area contributed by atoms with Crippen molar-refractivity contribution in [3.05, 3.63) is 44.4 Å². The first-order valence-corrected chi connectivity index (χ1v) is 6.64. The summed E-state index contributed by atoms with van der Waals surface area (Å²) in [5.74, 6) is -0.677. The molecule has 0 amide bonds. The van der Waals surface area contributed by atoms with Gasteiger partial charge in [0.25, 0.3) is 5.69 Å². The van der Waals surface area contributed by atoms with E-state index in [1.54, 1.807) is 17.9 Å². The number of hydrogen-bond acceptors (Lipinski definition) is 4. The van der Waals surface area contributed by atoms with Crippen LogP contribution in [0.15, 0.2) is 22.8 Å². The van der Waals surface area contributed by atoms with Crippen molar-refractivity contribution in [1.29, 1.82) is 0 Å². The third kappa shape index (κ3) is 2.79. The highest BCUT2D eigenvalue weighted by Gasteiger charge is 2.19. The topological polar surface area (TPSA) is 73.0 Å². The molecule has 1 heterocycles. The van der Waals surface area contributed by atoms with E-state index in [1.807, 2.05) is 6.92 Å². The molecule has 0 unspecified atom stereocenters. The normalized spacial score (nSPS) is 10.6. The van der Waals surface area contributed by atoms with Crippen LogP contribution in [0.4, 0.5) is 21.5 Å². The van der Waals surface area contributed by atoms with Gasteiger partial charge in [0.05, 0.1) is 26.8 Å². The van der Waals surface area contributed by atoms with E-state index < -0.39 is 10.7 Å². The van der Waals surface area contributed by atoms with E-state index in [2.05, 4.69) is 26.3 Å². The van der Waals surface area contributed by atoms with Crippen LogP contribution in [-0.2, 0) is 13.5 Å². The highest BCUT2D eigenvalue weighted by atomic mass is 79.9. The number of nitrogens with one attached hydrogen (secondary N) is 1. The number of benzene rings is 1. The SMILES string of the molecule is CCc1nn(C)cc1Nc1cc(Br)c(F)cc1[N+](=O)[O-]. The van der Waals surface area contributed by atoms with Crippen molar-refractivity contribution in [1.82, 2.24) is 9.78 Å². The predicted molar refractivity (Wildman–Crippen MR) is 76.6 cm³/mol. The molecule has 106 valence electrons. The van der Waals surface area contributed by atoms with Crippen molar-refractivity contribution in [2.24, 2.45) is 7.05 Å². The maximum atomic E-state index is 13.4. The van der Waals surface area contributed by atoms with E-state index in [9.17, 15) is 14.5 Å². The fourth-order valence-corrected chi connectivity index (χ4v) is 2.18. The number of nitrogens with zero attached hydrogens (tertiary/aromatic N) is 3. The van der Waals surface area contributed by atoms with Crippen LogP contribution in [0, 0.1) is 15.9 Å². The maximum absolute atomic E-state index is 13.4. The Morgan fingerprint density at radius 2 is 2.20 bits per heavy atom. The molecule has 0 spiro atoms. The van der Waals surface area contributed by atoms with Gasteiger partial charge >= 0.3 is 0 Å². The quantitative estimate of drug-likeness (QED) is 0.681. The van der Waals surface area contributed by atoms with Crippen LogP contribution < -0.4 is 5.32 Å². The fourth-order valence-electron chi connectivity index (χ4n) is 1.83. The van der Waals surface area contributed by atoms with Crippen LogP contribution in [0.25, 0.3) is 0 Å². The second-order valence-corrected chi connectivity index (χ2v) is 5.04. The number of nitro groups is 1. The lowest BCUT2D eigenvalue weighted by Gasteiger charge is -2.07. The van der Waals surface area contributed by atoms with Crippen LogP contribution in [-0.4, -0.2) is 14.7 Å². The molecule has 0 atom stereocenters. The van der Waals surface area contributed by atoms with Gasteiger partial charge in [-0.1, -0.05) is 6.92 Å². The zero-order valence-corrected chi connectivity index (χ0v) is 12.4. The molecule has 0 fully saturated rings. The molecule has 0 aliphatic heterocycles. The largest absolute Gasteiger partial charge is 0.347 e. The molecule has 0 aliphatic rings. The number of anilines is 2. The van der Waals surface area contributed by atoms with Crippen LogP contribution in [0.5, 0.6) is 0 Å². The van der Waals surface area contributed by atoms with Gasteiger partial charge in [0.2, 0.25) is 0 Å². The van der Waals surface area contributed by atoms with Crippen LogP contribution >= 0.6 is 15.9 Å². The summed E-state index contributed by atoms with van der Waals surface area (Å²) in [5, 5.41) is 18.2. The molecular weight excluding hydrogens is 331 g/mol. The van der Waals surface area contributed by atoms with Gasteiger partial charge in [-0.3, -0.25) is 14.8 Å². The summed E-state index contributed by atoms with van der Waals surface area (Å²) in [6.45, 7) is 1.93. The smallest absolute Gasteiger partial charge is 0.295 e. The average molecular weight is 343 g/mol. The summed E-state index contributed by atoms with van der Waals surface area (Å²) in [5.41, 5.74) is 1.33. The van der Waals surface area contributed by atoms with Crippen molar-refractivity contribution in [3.8, 4) is 0 Å². The lowest BCUT2D eigenvalue weighted by atomic mass is 10.2. The number of halogens is 2. The number of rotatable bonds is 4. The Morgan fingerprint density at radius 3 is 2.80 bits per heavy atom. The first-order valence-electron chi connectivity index (χ1n) is 5.85. The van der Waals surface area contributed by atoms with Gasteiger partial charge < -0.3 is 5.32 Å². The third-order valence-corrected chi connectivity index (χ3v) is 3.35. The number of hydrogen-bond donors (Lipinski definition) is 1. The number of nitro benzene ring substituents is 1. The molecule has 0 bridgehead atoms. The highest BCUT2D eigenvalue weighted by Crippen LogP contribution is 2.33. The lowest BCUT2D eigenvalue weighted by molar-refractivity contribution is -0.384. The van der Waals surface area contributed by atoms with Crippen molar-refractivity contribution in [2.75, 3.05) is 5.32 Å². The van der Waals surface area contributed by atoms with Gasteiger partial charge in [0.1, 0.15) is 11.5 Å². The number of aromatic nitrogens is 2. The maximum Gasteiger partial charge on any atom is 0.295 e. The third-order valence-electron chi connectivity index (χ3n) is 2.74. The first-order chi connectivity index (χ1) is 9.42. The first kappa shape index (κ1) is 14.4. The Labute approximate surface area is 122 Å². The standard InChI is InChI=1S/C12H12BrFN4O2/c1-3-9-11(6-17(2)16-9)15-10-4-7(13)8(14)5-12(10)18(19)20/h4-6,15H,3H2,1-2H3. The Balaban J connectivity index is 2.47. The molecule has 1 N–H and O–H groups in total. The lowest BCUT2D eigenvalue weighted by Crippen LogP contribution is -1.99. The molecular formula is C12H12BrFN4O2. The molecule has 0 radical (unpaired) electrons. The Bertz CT molecular complexity index is 672. The summed E-state index contributed by atoms with van der Waals surface area (Å²) in [6.07, 6.45) is 2.40. The minimum absolute atomic E-state index is 0.160. The van der Waals surface area contributed by atoms with Crippen LogP contribution in [0.2, 0.25) is 0 Å². The molecule has 20 heavy (non-hydrogen) atoms. The van der Waals surface area contributed by atoms with Gasteiger partial charge in [-0.25, -0.2) is 4.39 Å². The molecule has 0 aliphatic carbocycles. The van der Waals surface area contributed by atoms with Gasteiger partial charge in [-0.2, -0.15) is 5.10 Å². The summed E-state index contributed by atoms with van der Waals surface area (Å²) in [7, 11) is 1.76. The highest BCUT2D eigenvalue weighted by molar-refractivity contribution is 9.10. The van der Waals surface area contributed by atoms with Crippen LogP contribution in [0.3, 0.4) is 0 Å². The molecule has 8 heteroatoms.